The summed E-state index contributed by atoms with van der Waals surface area (Å²) >= 11 is 0. The maximum Gasteiger partial charge on any atom is 0.335 e. The molecule has 0 aliphatic carbocycles. The molecule has 1 aromatic carbocycles. The Morgan fingerprint density at radius 1 is 1.41 bits per heavy atom. The Labute approximate surface area is 101 Å². The first-order valence-electron chi connectivity index (χ1n) is 5.39. The van der Waals surface area contributed by atoms with Gasteiger partial charge in [0.25, 0.3) is 0 Å². The van der Waals surface area contributed by atoms with Crippen molar-refractivity contribution >= 4 is 15.8 Å². The van der Waals surface area contributed by atoms with Gasteiger partial charge in [-0.25, -0.2) is 13.2 Å². The lowest BCUT2D eigenvalue weighted by molar-refractivity contribution is 0.0696. The molecule has 0 aliphatic rings. The van der Waals surface area contributed by atoms with E-state index in [0.717, 1.165) is 0 Å². The second kappa shape index (κ2) is 4.87. The second-order valence-electron chi connectivity index (χ2n) is 4.00. The highest BCUT2D eigenvalue weighted by molar-refractivity contribution is 7.92. The van der Waals surface area contributed by atoms with E-state index >= 15 is 0 Å². The third-order valence-electron chi connectivity index (χ3n) is 2.93. The van der Waals surface area contributed by atoms with Crippen LogP contribution >= 0.6 is 0 Å². The quantitative estimate of drug-likeness (QED) is 0.897. The molecule has 1 aromatic rings. The molecule has 17 heavy (non-hydrogen) atoms. The highest BCUT2D eigenvalue weighted by Crippen LogP contribution is 2.24. The van der Waals surface area contributed by atoms with Gasteiger partial charge in [0.2, 0.25) is 0 Å². The molecule has 1 atom stereocenters. The van der Waals surface area contributed by atoms with Crippen molar-refractivity contribution < 1.29 is 18.3 Å². The van der Waals surface area contributed by atoms with E-state index < -0.39 is 21.1 Å². The molecule has 4 nitrogen and oxygen atoms in total. The van der Waals surface area contributed by atoms with Crippen LogP contribution in [-0.4, -0.2) is 24.7 Å². The van der Waals surface area contributed by atoms with Gasteiger partial charge in [0, 0.05) is 0 Å². The van der Waals surface area contributed by atoms with Crippen LogP contribution in [0.5, 0.6) is 0 Å². The molecule has 0 amide bonds. The molecular weight excluding hydrogens is 240 g/mol. The Balaban J connectivity index is 3.44. The van der Waals surface area contributed by atoms with Crippen LogP contribution in [0.2, 0.25) is 0 Å². The molecule has 0 radical (unpaired) electrons. The molecule has 1 unspecified atom stereocenters. The predicted octanol–water partition coefficient (Wildman–Crippen LogP) is 2.27. The Kier molecular flexibility index (Phi) is 3.93. The Morgan fingerprint density at radius 3 is 2.47 bits per heavy atom. The van der Waals surface area contributed by atoms with Crippen molar-refractivity contribution in [1.82, 2.24) is 0 Å². The summed E-state index contributed by atoms with van der Waals surface area (Å²) < 4.78 is 24.3. The number of sulfone groups is 1. The van der Waals surface area contributed by atoms with E-state index in [1.54, 1.807) is 13.8 Å². The first kappa shape index (κ1) is 13.7. The summed E-state index contributed by atoms with van der Waals surface area (Å²) in [5.41, 5.74) is 0.342. The molecule has 0 aromatic heterocycles. The van der Waals surface area contributed by atoms with E-state index in [2.05, 4.69) is 0 Å². The first-order valence-corrected chi connectivity index (χ1v) is 6.93. The molecule has 5 heteroatoms. The van der Waals surface area contributed by atoms with Gasteiger partial charge in [-0.15, -0.1) is 0 Å². The lowest BCUT2D eigenvalue weighted by atomic mass is 10.1. The summed E-state index contributed by atoms with van der Waals surface area (Å²) in [5.74, 6) is -1.11. The minimum atomic E-state index is -3.44. The lowest BCUT2D eigenvalue weighted by Gasteiger charge is -2.14. The highest BCUT2D eigenvalue weighted by atomic mass is 32.2. The highest BCUT2D eigenvalue weighted by Gasteiger charge is 2.25. The molecule has 94 valence electrons. The fourth-order valence-electron chi connectivity index (χ4n) is 1.59. The van der Waals surface area contributed by atoms with E-state index in [-0.39, 0.29) is 10.5 Å². The van der Waals surface area contributed by atoms with Crippen molar-refractivity contribution in [2.75, 3.05) is 0 Å². The first-order chi connectivity index (χ1) is 7.82. The van der Waals surface area contributed by atoms with Crippen LogP contribution in [0.4, 0.5) is 0 Å². The van der Waals surface area contributed by atoms with E-state index in [1.807, 2.05) is 0 Å². The smallest absolute Gasteiger partial charge is 0.335 e. The van der Waals surface area contributed by atoms with Crippen molar-refractivity contribution in [3.63, 3.8) is 0 Å². The maximum absolute atomic E-state index is 12.2. The van der Waals surface area contributed by atoms with Gasteiger partial charge in [-0.2, -0.15) is 0 Å². The average Bonchev–Trinajstić information content (AvgIpc) is 2.27. The van der Waals surface area contributed by atoms with Crippen molar-refractivity contribution in [3.05, 3.63) is 29.3 Å². The van der Waals surface area contributed by atoms with Crippen molar-refractivity contribution in [1.29, 1.82) is 0 Å². The predicted molar refractivity (Wildman–Crippen MR) is 65.1 cm³/mol. The van der Waals surface area contributed by atoms with Crippen LogP contribution in [0, 0.1) is 6.92 Å². The molecule has 0 spiro atoms. The summed E-state index contributed by atoms with van der Waals surface area (Å²) in [6.07, 6.45) is 0.499. The Morgan fingerprint density at radius 2 is 2.00 bits per heavy atom. The molecule has 0 fully saturated rings. The molecule has 0 heterocycles. The van der Waals surface area contributed by atoms with Gasteiger partial charge in [0.15, 0.2) is 9.84 Å². The summed E-state index contributed by atoms with van der Waals surface area (Å²) in [5, 5.41) is 8.45. The van der Waals surface area contributed by atoms with Crippen molar-refractivity contribution in [2.45, 2.75) is 37.3 Å². The molecule has 0 bridgehead atoms. The van der Waals surface area contributed by atoms with Gasteiger partial charge < -0.3 is 5.11 Å². The average molecular weight is 256 g/mol. The molecule has 0 saturated carbocycles. The summed E-state index contributed by atoms with van der Waals surface area (Å²) in [7, 11) is -3.44. The number of carboxylic acid groups (broad SMARTS) is 1. The van der Waals surface area contributed by atoms with Crippen LogP contribution in [0.3, 0.4) is 0 Å². The van der Waals surface area contributed by atoms with E-state index in [1.165, 1.54) is 25.1 Å². The molecule has 1 N–H and O–H groups in total. The van der Waals surface area contributed by atoms with Crippen LogP contribution in [0.1, 0.15) is 36.2 Å². The lowest BCUT2D eigenvalue weighted by Crippen LogP contribution is -2.19. The number of carboxylic acids is 1. The number of benzene rings is 1. The minimum Gasteiger partial charge on any atom is -0.478 e. The minimum absolute atomic E-state index is 0.0365. The van der Waals surface area contributed by atoms with Gasteiger partial charge in [0.05, 0.1) is 15.7 Å². The normalized spacial score (nSPS) is 13.4. The van der Waals surface area contributed by atoms with Gasteiger partial charge >= 0.3 is 5.97 Å². The topological polar surface area (TPSA) is 71.4 Å². The summed E-state index contributed by atoms with van der Waals surface area (Å²) in [4.78, 5) is 11.1. The fraction of sp³-hybridized carbons (Fsp3) is 0.417. The largest absolute Gasteiger partial charge is 0.478 e. The van der Waals surface area contributed by atoms with Gasteiger partial charge in [-0.3, -0.25) is 0 Å². The molecular formula is C12H16O4S. The number of hydrogen-bond donors (Lipinski definition) is 1. The van der Waals surface area contributed by atoms with E-state index in [4.69, 9.17) is 5.11 Å². The zero-order valence-electron chi connectivity index (χ0n) is 10.1. The van der Waals surface area contributed by atoms with Gasteiger partial charge in [-0.1, -0.05) is 13.0 Å². The number of aromatic carboxylic acids is 1. The molecule has 0 aliphatic heterocycles. The van der Waals surface area contributed by atoms with Crippen molar-refractivity contribution in [3.8, 4) is 0 Å². The summed E-state index contributed by atoms with van der Waals surface area (Å²) in [6, 6.07) is 4.34. The van der Waals surface area contributed by atoms with Crippen LogP contribution < -0.4 is 0 Å². The third-order valence-corrected chi connectivity index (χ3v) is 5.37. The van der Waals surface area contributed by atoms with Gasteiger partial charge in [0.1, 0.15) is 0 Å². The molecule has 0 saturated heterocycles. The van der Waals surface area contributed by atoms with Crippen molar-refractivity contribution in [2.24, 2.45) is 0 Å². The maximum atomic E-state index is 12.2. The number of rotatable bonds is 4. The summed E-state index contributed by atoms with van der Waals surface area (Å²) in [6.45, 7) is 4.94. The standard InChI is InChI=1S/C12H16O4S/c1-4-8(2)17(15,16)11-7-5-6-10(9(11)3)12(13)14/h5-8H,4H2,1-3H3,(H,13,14). The Bertz CT molecular complexity index is 531. The van der Waals surface area contributed by atoms with E-state index in [9.17, 15) is 13.2 Å². The monoisotopic (exact) mass is 256 g/mol. The fourth-order valence-corrected chi connectivity index (χ4v) is 3.27. The zero-order valence-corrected chi connectivity index (χ0v) is 10.9. The van der Waals surface area contributed by atoms with Gasteiger partial charge in [-0.05, 0) is 38.0 Å². The number of carbonyl (C=O) groups is 1. The zero-order chi connectivity index (χ0) is 13.2. The van der Waals surface area contributed by atoms with E-state index in [0.29, 0.717) is 12.0 Å². The SMILES string of the molecule is CCC(C)S(=O)(=O)c1cccc(C(=O)O)c1C. The van der Waals surface area contributed by atoms with Crippen LogP contribution in [-0.2, 0) is 9.84 Å². The second-order valence-corrected chi connectivity index (χ2v) is 6.33. The van der Waals surface area contributed by atoms with Crippen LogP contribution in [0.15, 0.2) is 23.1 Å². The number of hydrogen-bond acceptors (Lipinski definition) is 3. The Hall–Kier alpha value is -1.36. The third kappa shape index (κ3) is 2.49. The van der Waals surface area contributed by atoms with Crippen LogP contribution in [0.25, 0.3) is 0 Å². The molecule has 1 rings (SSSR count).